The maximum absolute atomic E-state index is 11.8. The molecule has 0 aliphatic heterocycles. The minimum atomic E-state index is -4.01. The topological polar surface area (TPSA) is 12.0 Å². The van der Waals surface area contributed by atoms with E-state index in [0.717, 1.165) is 13.0 Å². The van der Waals surface area contributed by atoms with Crippen LogP contribution in [0.4, 0.5) is 13.2 Å². The summed E-state index contributed by atoms with van der Waals surface area (Å²) in [6.07, 6.45) is 0.187. The molecule has 0 bridgehead atoms. The molecule has 1 nitrogen and oxygen atoms in total. The minimum absolute atomic E-state index is 0.188. The molecule has 4 heteroatoms. The summed E-state index contributed by atoms with van der Waals surface area (Å²) < 4.78 is 35.5. The van der Waals surface area contributed by atoms with E-state index in [0.29, 0.717) is 12.5 Å². The second-order valence-electron chi connectivity index (χ2n) is 4.34. The molecule has 0 aromatic carbocycles. The molecule has 98 valence electrons. The predicted octanol–water partition coefficient (Wildman–Crippen LogP) is 4.13. The molecule has 0 rings (SSSR count). The third-order valence-electron chi connectivity index (χ3n) is 2.79. The highest BCUT2D eigenvalue weighted by Crippen LogP contribution is 2.20. The fourth-order valence-electron chi connectivity index (χ4n) is 1.66. The summed E-state index contributed by atoms with van der Waals surface area (Å²) in [4.78, 5) is 0. The molecule has 0 spiro atoms. The van der Waals surface area contributed by atoms with E-state index in [9.17, 15) is 13.2 Å². The van der Waals surface area contributed by atoms with Crippen molar-refractivity contribution in [3.8, 4) is 0 Å². The van der Waals surface area contributed by atoms with Crippen molar-refractivity contribution < 1.29 is 13.2 Å². The maximum Gasteiger partial charge on any atom is 0.389 e. The third-order valence-corrected chi connectivity index (χ3v) is 2.79. The summed E-state index contributed by atoms with van der Waals surface area (Å²) in [5.74, 6) is 0.617. The molecule has 0 amide bonds. The maximum atomic E-state index is 11.8. The first-order chi connectivity index (χ1) is 7.49. The van der Waals surface area contributed by atoms with Crippen molar-refractivity contribution in [1.82, 2.24) is 5.32 Å². The van der Waals surface area contributed by atoms with Gasteiger partial charge in [0.1, 0.15) is 0 Å². The van der Waals surface area contributed by atoms with E-state index in [1.165, 1.54) is 19.3 Å². The molecule has 0 saturated heterocycles. The van der Waals surface area contributed by atoms with E-state index in [2.05, 4.69) is 19.2 Å². The van der Waals surface area contributed by atoms with Gasteiger partial charge in [0.25, 0.3) is 0 Å². The quantitative estimate of drug-likeness (QED) is 0.596. The molecule has 1 atom stereocenters. The first-order valence-corrected chi connectivity index (χ1v) is 6.27. The van der Waals surface area contributed by atoms with Gasteiger partial charge in [-0.05, 0) is 31.8 Å². The Morgan fingerprint density at radius 3 is 2.31 bits per heavy atom. The summed E-state index contributed by atoms with van der Waals surface area (Å²) in [6, 6.07) is 0. The van der Waals surface area contributed by atoms with Gasteiger partial charge in [-0.3, -0.25) is 0 Å². The Labute approximate surface area is 96.8 Å². The van der Waals surface area contributed by atoms with Crippen LogP contribution in [0.2, 0.25) is 0 Å². The monoisotopic (exact) mass is 239 g/mol. The van der Waals surface area contributed by atoms with Gasteiger partial charge in [0.15, 0.2) is 0 Å². The first-order valence-electron chi connectivity index (χ1n) is 6.27. The van der Waals surface area contributed by atoms with E-state index in [-0.39, 0.29) is 6.42 Å². The molecule has 0 aliphatic carbocycles. The van der Waals surface area contributed by atoms with Gasteiger partial charge >= 0.3 is 6.18 Å². The van der Waals surface area contributed by atoms with Crippen LogP contribution >= 0.6 is 0 Å². The Hall–Kier alpha value is -0.250. The minimum Gasteiger partial charge on any atom is -0.316 e. The molecule has 0 heterocycles. The molecule has 0 aromatic rings. The van der Waals surface area contributed by atoms with Crippen LogP contribution in [-0.4, -0.2) is 19.3 Å². The van der Waals surface area contributed by atoms with Gasteiger partial charge in [0.2, 0.25) is 0 Å². The number of nitrogens with one attached hydrogen (secondary N) is 1. The van der Waals surface area contributed by atoms with Gasteiger partial charge in [-0.1, -0.05) is 33.1 Å². The smallest absolute Gasteiger partial charge is 0.316 e. The molecule has 16 heavy (non-hydrogen) atoms. The highest BCUT2D eigenvalue weighted by molar-refractivity contribution is 4.61. The average Bonchev–Trinajstić information content (AvgIpc) is 2.20. The number of hydrogen-bond acceptors (Lipinski definition) is 1. The Morgan fingerprint density at radius 1 is 1.12 bits per heavy atom. The van der Waals surface area contributed by atoms with Gasteiger partial charge in [0, 0.05) is 6.42 Å². The summed E-state index contributed by atoms with van der Waals surface area (Å²) in [5.41, 5.74) is 0. The van der Waals surface area contributed by atoms with Gasteiger partial charge in [-0.25, -0.2) is 0 Å². The molecule has 1 unspecified atom stereocenters. The predicted molar refractivity (Wildman–Crippen MR) is 61.5 cm³/mol. The van der Waals surface area contributed by atoms with Crippen LogP contribution in [0.3, 0.4) is 0 Å². The van der Waals surface area contributed by atoms with Crippen molar-refractivity contribution in [2.24, 2.45) is 5.92 Å². The molecule has 0 saturated carbocycles. The molecule has 0 radical (unpaired) electrons. The van der Waals surface area contributed by atoms with Crippen molar-refractivity contribution in [2.75, 3.05) is 13.1 Å². The van der Waals surface area contributed by atoms with Crippen LogP contribution in [0.5, 0.6) is 0 Å². The average molecular weight is 239 g/mol. The number of unbranched alkanes of at least 4 members (excludes halogenated alkanes) is 1. The third kappa shape index (κ3) is 10.3. The van der Waals surface area contributed by atoms with E-state index < -0.39 is 12.6 Å². The van der Waals surface area contributed by atoms with Crippen LogP contribution in [0.25, 0.3) is 0 Å². The molecular weight excluding hydrogens is 215 g/mol. The zero-order valence-corrected chi connectivity index (χ0v) is 10.4. The van der Waals surface area contributed by atoms with Crippen molar-refractivity contribution >= 4 is 0 Å². The Morgan fingerprint density at radius 2 is 1.81 bits per heavy atom. The van der Waals surface area contributed by atoms with Crippen LogP contribution in [0, 0.1) is 5.92 Å². The summed E-state index contributed by atoms with van der Waals surface area (Å²) in [7, 11) is 0. The van der Waals surface area contributed by atoms with E-state index in [4.69, 9.17) is 0 Å². The lowest BCUT2D eigenvalue weighted by atomic mass is 9.99. The number of rotatable bonds is 9. The Bertz CT molecular complexity index is 157. The highest BCUT2D eigenvalue weighted by Gasteiger charge is 2.25. The van der Waals surface area contributed by atoms with Crippen molar-refractivity contribution in [2.45, 2.75) is 58.5 Å². The Kier molecular flexibility index (Phi) is 8.71. The largest absolute Gasteiger partial charge is 0.389 e. The van der Waals surface area contributed by atoms with Crippen LogP contribution in [0.1, 0.15) is 52.4 Å². The van der Waals surface area contributed by atoms with Gasteiger partial charge in [-0.15, -0.1) is 0 Å². The summed E-state index contributed by atoms with van der Waals surface area (Å²) in [5, 5.41) is 3.12. The fourth-order valence-corrected chi connectivity index (χ4v) is 1.66. The fraction of sp³-hybridized carbons (Fsp3) is 1.00. The first kappa shape index (κ1) is 15.8. The molecule has 0 aromatic heterocycles. The lowest BCUT2D eigenvalue weighted by molar-refractivity contribution is -0.135. The summed E-state index contributed by atoms with van der Waals surface area (Å²) in [6.45, 7) is 5.62. The van der Waals surface area contributed by atoms with E-state index in [1.807, 2.05) is 0 Å². The number of alkyl halides is 3. The lowest BCUT2D eigenvalue weighted by Crippen LogP contribution is -2.24. The van der Waals surface area contributed by atoms with E-state index in [1.54, 1.807) is 0 Å². The normalized spacial score (nSPS) is 14.1. The molecule has 1 N–H and O–H groups in total. The van der Waals surface area contributed by atoms with Crippen LogP contribution in [-0.2, 0) is 0 Å². The Balaban J connectivity index is 3.41. The SMILES string of the molecule is CCCCC(CC)CNCCCC(F)(F)F. The molecule has 0 aliphatic rings. The van der Waals surface area contributed by atoms with E-state index >= 15 is 0 Å². The van der Waals surface area contributed by atoms with Gasteiger partial charge in [-0.2, -0.15) is 13.2 Å². The second kappa shape index (κ2) is 8.85. The van der Waals surface area contributed by atoms with Gasteiger partial charge < -0.3 is 5.32 Å². The van der Waals surface area contributed by atoms with Crippen LogP contribution in [0.15, 0.2) is 0 Å². The molecular formula is C12H24F3N. The van der Waals surface area contributed by atoms with Crippen molar-refractivity contribution in [3.63, 3.8) is 0 Å². The van der Waals surface area contributed by atoms with Crippen LogP contribution < -0.4 is 5.32 Å². The van der Waals surface area contributed by atoms with Gasteiger partial charge in [0.05, 0.1) is 0 Å². The standard InChI is InChI=1S/C12H24F3N/c1-3-5-7-11(4-2)10-16-9-6-8-12(13,14)15/h11,16H,3-10H2,1-2H3. The summed E-state index contributed by atoms with van der Waals surface area (Å²) >= 11 is 0. The van der Waals surface area contributed by atoms with Crippen molar-refractivity contribution in [1.29, 1.82) is 0 Å². The zero-order chi connectivity index (χ0) is 12.4. The molecule has 0 fully saturated rings. The second-order valence-corrected chi connectivity index (χ2v) is 4.34. The number of hydrogen-bond donors (Lipinski definition) is 1. The highest BCUT2D eigenvalue weighted by atomic mass is 19.4. The zero-order valence-electron chi connectivity index (χ0n) is 10.4. The van der Waals surface area contributed by atoms with Crippen molar-refractivity contribution in [3.05, 3.63) is 0 Å². The number of halogens is 3. The lowest BCUT2D eigenvalue weighted by Gasteiger charge is -2.15.